The molecule has 2 aromatic carbocycles. The number of nitrogens with zero attached hydrogens (tertiary/aromatic N) is 2. The number of benzene rings is 2. The van der Waals surface area contributed by atoms with Crippen LogP contribution in [0.2, 0.25) is 0 Å². The third-order valence-electron chi connectivity index (χ3n) is 5.97. The first-order valence-corrected chi connectivity index (χ1v) is 13.4. The first-order chi connectivity index (χ1) is 17.1. The van der Waals surface area contributed by atoms with Gasteiger partial charge in [0.2, 0.25) is 0 Å². The molecule has 1 aromatic heterocycles. The van der Waals surface area contributed by atoms with Crippen molar-refractivity contribution in [2.24, 2.45) is 4.99 Å². The molecule has 8 heteroatoms. The molecular formula is C28H29BrN2O4S. The van der Waals surface area contributed by atoms with Crippen molar-refractivity contribution in [2.75, 3.05) is 7.11 Å². The quantitative estimate of drug-likeness (QED) is 0.389. The lowest BCUT2D eigenvalue weighted by Crippen LogP contribution is -2.39. The number of carbonyl (C=O) groups is 1. The van der Waals surface area contributed by atoms with Crippen molar-refractivity contribution in [2.45, 2.75) is 52.7 Å². The lowest BCUT2D eigenvalue weighted by Gasteiger charge is -2.24. The Kier molecular flexibility index (Phi) is 7.66. The zero-order valence-electron chi connectivity index (χ0n) is 21.2. The Morgan fingerprint density at radius 2 is 1.83 bits per heavy atom. The minimum absolute atomic E-state index is 0.0152. The van der Waals surface area contributed by atoms with Crippen LogP contribution in [0.1, 0.15) is 63.3 Å². The van der Waals surface area contributed by atoms with E-state index in [1.54, 1.807) is 11.5 Å². The van der Waals surface area contributed by atoms with Gasteiger partial charge < -0.3 is 9.47 Å². The molecule has 0 radical (unpaired) electrons. The largest absolute Gasteiger partial charge is 0.490 e. The highest BCUT2D eigenvalue weighted by Gasteiger charge is 2.33. The van der Waals surface area contributed by atoms with Crippen LogP contribution >= 0.6 is 27.3 Å². The van der Waals surface area contributed by atoms with Crippen molar-refractivity contribution in [3.63, 3.8) is 0 Å². The van der Waals surface area contributed by atoms with E-state index in [1.807, 2.05) is 62.4 Å². The molecule has 0 N–H and O–H groups in total. The lowest BCUT2D eigenvalue weighted by molar-refractivity contribution is -0.136. The number of aromatic nitrogens is 1. The van der Waals surface area contributed by atoms with Gasteiger partial charge in [0.15, 0.2) is 4.80 Å². The van der Waals surface area contributed by atoms with Gasteiger partial charge in [-0.1, -0.05) is 65.4 Å². The third kappa shape index (κ3) is 5.11. The molecule has 0 bridgehead atoms. The first kappa shape index (κ1) is 26.1. The summed E-state index contributed by atoms with van der Waals surface area (Å²) in [5.74, 6) is 0.556. The number of ether oxygens (including phenoxy) is 2. The molecule has 4 rings (SSSR count). The number of methoxy groups -OCH3 is 1. The van der Waals surface area contributed by atoms with Crippen LogP contribution in [0, 0.1) is 0 Å². The molecule has 0 fully saturated rings. The van der Waals surface area contributed by atoms with E-state index >= 15 is 0 Å². The van der Waals surface area contributed by atoms with Crippen LogP contribution in [0.15, 0.2) is 68.0 Å². The van der Waals surface area contributed by atoms with Gasteiger partial charge >= 0.3 is 5.97 Å². The molecule has 0 saturated carbocycles. The topological polar surface area (TPSA) is 69.9 Å². The smallest absolute Gasteiger partial charge is 0.338 e. The Morgan fingerprint density at radius 1 is 1.14 bits per heavy atom. The summed E-state index contributed by atoms with van der Waals surface area (Å²) in [5.41, 5.74) is 3.47. The molecular weight excluding hydrogens is 540 g/mol. The number of allylic oxidation sites excluding steroid dienone is 1. The molecule has 188 valence electrons. The zero-order valence-corrected chi connectivity index (χ0v) is 23.6. The van der Waals surface area contributed by atoms with Crippen LogP contribution in [0.5, 0.6) is 5.75 Å². The highest BCUT2D eigenvalue weighted by atomic mass is 79.9. The monoisotopic (exact) mass is 568 g/mol. The molecule has 1 aliphatic rings. The summed E-state index contributed by atoms with van der Waals surface area (Å²) in [6.45, 7) is 9.95. The van der Waals surface area contributed by atoms with Gasteiger partial charge in [-0.05, 0) is 62.1 Å². The molecule has 2 heterocycles. The van der Waals surface area contributed by atoms with Gasteiger partial charge in [0.25, 0.3) is 5.56 Å². The van der Waals surface area contributed by atoms with Crippen LogP contribution in [-0.2, 0) is 9.53 Å². The molecule has 0 unspecified atom stereocenters. The fraction of sp³-hybridized carbons (Fsp3) is 0.321. The van der Waals surface area contributed by atoms with Crippen LogP contribution in [0.3, 0.4) is 0 Å². The predicted octanol–water partition coefficient (Wildman–Crippen LogP) is 5.08. The number of carbonyl (C=O) groups excluding carboxylic acids is 1. The van der Waals surface area contributed by atoms with Crippen molar-refractivity contribution >= 4 is 39.3 Å². The maximum absolute atomic E-state index is 13.8. The Hall–Kier alpha value is -2.97. The number of esters is 1. The molecule has 0 amide bonds. The van der Waals surface area contributed by atoms with E-state index in [9.17, 15) is 9.59 Å². The maximum Gasteiger partial charge on any atom is 0.338 e. The van der Waals surface area contributed by atoms with Crippen molar-refractivity contribution < 1.29 is 14.3 Å². The second kappa shape index (κ2) is 10.6. The average Bonchev–Trinajstić information content (AvgIpc) is 3.13. The van der Waals surface area contributed by atoms with E-state index in [0.717, 1.165) is 15.6 Å². The van der Waals surface area contributed by atoms with E-state index in [1.165, 1.54) is 24.0 Å². The number of halogens is 1. The molecule has 0 aliphatic carbocycles. The number of hydrogen-bond acceptors (Lipinski definition) is 6. The Morgan fingerprint density at radius 3 is 2.44 bits per heavy atom. The summed E-state index contributed by atoms with van der Waals surface area (Å²) in [4.78, 5) is 31.8. The van der Waals surface area contributed by atoms with Gasteiger partial charge in [-0.15, -0.1) is 0 Å². The highest BCUT2D eigenvalue weighted by Crippen LogP contribution is 2.31. The number of rotatable bonds is 6. The number of fused-ring (bicyclic) bond motifs is 1. The average molecular weight is 570 g/mol. The lowest BCUT2D eigenvalue weighted by atomic mass is 9.93. The molecule has 0 spiro atoms. The SMILES string of the molecule is COC(=O)C1=C(C)N=c2s/c(=C\c3cc(Br)ccc3OC(C)C)c(=O)n2[C@@H]1c1ccc(C(C)C)cc1. The van der Waals surface area contributed by atoms with Crippen LogP contribution < -0.4 is 19.6 Å². The van der Waals surface area contributed by atoms with Crippen LogP contribution in [0.25, 0.3) is 6.08 Å². The summed E-state index contributed by atoms with van der Waals surface area (Å²) in [7, 11) is 1.34. The summed E-state index contributed by atoms with van der Waals surface area (Å²) < 4.78 is 14.0. The zero-order chi connectivity index (χ0) is 26.1. The fourth-order valence-electron chi connectivity index (χ4n) is 4.21. The van der Waals surface area contributed by atoms with Crippen LogP contribution in [-0.4, -0.2) is 23.8 Å². The molecule has 6 nitrogen and oxygen atoms in total. The fourth-order valence-corrected chi connectivity index (χ4v) is 5.62. The Balaban J connectivity index is 1.94. The number of thiazole rings is 1. The van der Waals surface area contributed by atoms with E-state index in [0.29, 0.717) is 32.3 Å². The van der Waals surface area contributed by atoms with Gasteiger partial charge in [-0.3, -0.25) is 9.36 Å². The van der Waals surface area contributed by atoms with E-state index in [2.05, 4.69) is 34.8 Å². The predicted molar refractivity (Wildman–Crippen MR) is 146 cm³/mol. The molecule has 3 aromatic rings. The third-order valence-corrected chi connectivity index (χ3v) is 7.44. The molecule has 1 atom stereocenters. The normalized spacial score (nSPS) is 15.8. The molecule has 1 aliphatic heterocycles. The minimum Gasteiger partial charge on any atom is -0.490 e. The second-order valence-electron chi connectivity index (χ2n) is 9.24. The van der Waals surface area contributed by atoms with Crippen molar-refractivity contribution in [3.8, 4) is 5.75 Å². The summed E-state index contributed by atoms with van der Waals surface area (Å²) in [5, 5.41) is 0. The van der Waals surface area contributed by atoms with E-state index in [-0.39, 0.29) is 11.7 Å². The van der Waals surface area contributed by atoms with E-state index in [4.69, 9.17) is 9.47 Å². The van der Waals surface area contributed by atoms with Crippen molar-refractivity contribution in [1.82, 2.24) is 4.57 Å². The van der Waals surface area contributed by atoms with Crippen molar-refractivity contribution in [1.29, 1.82) is 0 Å². The standard InChI is InChI=1S/C28H29BrN2O4S/c1-15(2)18-7-9-19(10-8-18)25-24(27(33)34-6)17(5)30-28-31(25)26(32)23(36-28)14-20-13-21(29)11-12-22(20)35-16(3)4/h7-16,25H,1-6H3/b23-14-/t25-/m1/s1. The molecule has 36 heavy (non-hydrogen) atoms. The van der Waals surface area contributed by atoms with Gasteiger partial charge in [0.05, 0.1) is 35.1 Å². The maximum atomic E-state index is 13.8. The highest BCUT2D eigenvalue weighted by molar-refractivity contribution is 9.10. The van der Waals surface area contributed by atoms with Gasteiger partial charge in [-0.2, -0.15) is 0 Å². The summed E-state index contributed by atoms with van der Waals surface area (Å²) in [6.07, 6.45) is 1.81. The molecule has 0 saturated heterocycles. The minimum atomic E-state index is -0.633. The van der Waals surface area contributed by atoms with Gasteiger partial charge in [-0.25, -0.2) is 9.79 Å². The summed E-state index contributed by atoms with van der Waals surface area (Å²) >= 11 is 4.81. The first-order valence-electron chi connectivity index (χ1n) is 11.8. The Labute approximate surface area is 222 Å². The number of hydrogen-bond donors (Lipinski definition) is 0. The second-order valence-corrected chi connectivity index (χ2v) is 11.2. The van der Waals surface area contributed by atoms with Gasteiger partial charge in [0, 0.05) is 10.0 Å². The van der Waals surface area contributed by atoms with Crippen LogP contribution in [0.4, 0.5) is 0 Å². The van der Waals surface area contributed by atoms with E-state index < -0.39 is 12.0 Å². The van der Waals surface area contributed by atoms with Gasteiger partial charge in [0.1, 0.15) is 5.75 Å². The Bertz CT molecular complexity index is 1510. The van der Waals surface area contributed by atoms with Crippen molar-refractivity contribution in [3.05, 3.63) is 94.6 Å². The summed E-state index contributed by atoms with van der Waals surface area (Å²) in [6, 6.07) is 13.1.